The Morgan fingerprint density at radius 2 is 1.93 bits per heavy atom. The van der Waals surface area contributed by atoms with Crippen LogP contribution >= 0.6 is 0 Å². The number of H-pyrrole nitrogens is 1. The number of nitrogens with one attached hydrogen (secondary N) is 1. The van der Waals surface area contributed by atoms with Gasteiger partial charge in [-0.25, -0.2) is 0 Å². The number of benzene rings is 1. The maximum absolute atomic E-state index is 12.4. The van der Waals surface area contributed by atoms with Crippen LogP contribution in [0.4, 0.5) is 0 Å². The minimum absolute atomic E-state index is 0.0667. The molecular weight excluding hydrogens is 354 g/mol. The summed E-state index contributed by atoms with van der Waals surface area (Å²) in [6.07, 6.45) is 10.7. The minimum Gasteiger partial charge on any atom is -0.490 e. The third-order valence-corrected chi connectivity index (χ3v) is 6.10. The monoisotopic (exact) mass is 379 g/mol. The van der Waals surface area contributed by atoms with E-state index >= 15 is 0 Å². The predicted octanol–water partition coefficient (Wildman–Crippen LogP) is 3.56. The van der Waals surface area contributed by atoms with Crippen molar-refractivity contribution in [2.75, 3.05) is 13.1 Å². The van der Waals surface area contributed by atoms with E-state index in [0.717, 1.165) is 18.6 Å². The van der Waals surface area contributed by atoms with Gasteiger partial charge in [0.15, 0.2) is 5.69 Å². The number of rotatable bonds is 4. The standard InChI is InChI=1S/C21H25N5O2/c27-21(18-14-22-24-23-18)25-11-8-16(9-12-25)28-20-7-3-6-19-17(20)10-13-26(19)15-4-1-2-5-15/h3,6-7,10,13-16H,1-2,4-5,8-9,11-12H2,(H,22,23,24). The van der Waals surface area contributed by atoms with Crippen LogP contribution in [0, 0.1) is 0 Å². The fraction of sp³-hybridized carbons (Fsp3) is 0.476. The Morgan fingerprint density at radius 3 is 2.68 bits per heavy atom. The first-order chi connectivity index (χ1) is 13.8. The quantitative estimate of drug-likeness (QED) is 0.752. The van der Waals surface area contributed by atoms with Crippen LogP contribution in [0.15, 0.2) is 36.7 Å². The lowest BCUT2D eigenvalue weighted by Gasteiger charge is -2.31. The summed E-state index contributed by atoms with van der Waals surface area (Å²) >= 11 is 0. The molecule has 0 bridgehead atoms. The van der Waals surface area contributed by atoms with Crippen molar-refractivity contribution in [2.45, 2.75) is 50.7 Å². The molecule has 2 aromatic heterocycles. The zero-order valence-electron chi connectivity index (χ0n) is 15.9. The third kappa shape index (κ3) is 3.15. The fourth-order valence-corrected chi connectivity index (χ4v) is 4.59. The van der Waals surface area contributed by atoms with Crippen LogP contribution in [0.5, 0.6) is 5.75 Å². The van der Waals surface area contributed by atoms with Crippen molar-refractivity contribution in [1.82, 2.24) is 24.9 Å². The van der Waals surface area contributed by atoms with Crippen LogP contribution in [0.1, 0.15) is 55.1 Å². The molecule has 146 valence electrons. The van der Waals surface area contributed by atoms with E-state index in [-0.39, 0.29) is 12.0 Å². The maximum atomic E-state index is 12.4. The molecule has 1 aliphatic carbocycles. The lowest BCUT2D eigenvalue weighted by molar-refractivity contribution is 0.0592. The number of hydrogen-bond donors (Lipinski definition) is 1. The number of hydrogen-bond acceptors (Lipinski definition) is 4. The SMILES string of the molecule is O=C(c1cn[nH]n1)N1CCC(Oc2cccc3c2ccn3C2CCCC2)CC1. The normalized spacial score (nSPS) is 18.8. The summed E-state index contributed by atoms with van der Waals surface area (Å²) in [7, 11) is 0. The van der Waals surface area contributed by atoms with E-state index in [1.165, 1.54) is 42.8 Å². The molecule has 28 heavy (non-hydrogen) atoms. The van der Waals surface area contributed by atoms with Crippen molar-refractivity contribution in [3.63, 3.8) is 0 Å². The van der Waals surface area contributed by atoms with E-state index in [0.29, 0.717) is 24.8 Å². The Bertz CT molecular complexity index is 951. The molecule has 3 aromatic rings. The summed E-state index contributed by atoms with van der Waals surface area (Å²) in [5.41, 5.74) is 1.64. The van der Waals surface area contributed by atoms with E-state index < -0.39 is 0 Å². The second kappa shape index (κ2) is 7.30. The van der Waals surface area contributed by atoms with Gasteiger partial charge in [0, 0.05) is 43.6 Å². The summed E-state index contributed by atoms with van der Waals surface area (Å²) in [4.78, 5) is 14.2. The highest BCUT2D eigenvalue weighted by Crippen LogP contribution is 2.36. The van der Waals surface area contributed by atoms with Gasteiger partial charge in [-0.05, 0) is 31.0 Å². The molecule has 7 nitrogen and oxygen atoms in total. The molecular formula is C21H25N5O2. The number of aromatic nitrogens is 4. The number of nitrogens with zero attached hydrogens (tertiary/aromatic N) is 4. The van der Waals surface area contributed by atoms with Gasteiger partial charge in [0.1, 0.15) is 11.9 Å². The molecule has 1 saturated carbocycles. The van der Waals surface area contributed by atoms with Crippen molar-refractivity contribution in [2.24, 2.45) is 0 Å². The van der Waals surface area contributed by atoms with Crippen LogP contribution in [0.3, 0.4) is 0 Å². The van der Waals surface area contributed by atoms with Gasteiger partial charge in [0.2, 0.25) is 0 Å². The Labute approximate surface area is 163 Å². The second-order valence-electron chi connectivity index (χ2n) is 7.81. The Kier molecular flexibility index (Phi) is 4.50. The molecule has 2 fully saturated rings. The summed E-state index contributed by atoms with van der Waals surface area (Å²) in [6, 6.07) is 9.16. The van der Waals surface area contributed by atoms with E-state index in [4.69, 9.17) is 4.74 Å². The van der Waals surface area contributed by atoms with Crippen molar-refractivity contribution < 1.29 is 9.53 Å². The number of carbonyl (C=O) groups excluding carboxylic acids is 1. The summed E-state index contributed by atoms with van der Waals surface area (Å²) in [6.45, 7) is 1.35. The van der Waals surface area contributed by atoms with Gasteiger partial charge in [0.25, 0.3) is 5.91 Å². The average molecular weight is 379 g/mol. The molecule has 1 saturated heterocycles. The molecule has 0 atom stereocenters. The van der Waals surface area contributed by atoms with Gasteiger partial charge in [-0.15, -0.1) is 0 Å². The number of likely N-dealkylation sites (tertiary alicyclic amines) is 1. The number of carbonyl (C=O) groups is 1. The predicted molar refractivity (Wildman–Crippen MR) is 105 cm³/mol. The van der Waals surface area contributed by atoms with Gasteiger partial charge >= 0.3 is 0 Å². The van der Waals surface area contributed by atoms with Crippen LogP contribution in [-0.4, -0.2) is 50.0 Å². The van der Waals surface area contributed by atoms with Crippen LogP contribution in [0.2, 0.25) is 0 Å². The van der Waals surface area contributed by atoms with Gasteiger partial charge < -0.3 is 14.2 Å². The van der Waals surface area contributed by atoms with Crippen molar-refractivity contribution in [3.05, 3.63) is 42.4 Å². The molecule has 0 radical (unpaired) electrons. The largest absolute Gasteiger partial charge is 0.490 e. The zero-order valence-corrected chi connectivity index (χ0v) is 15.9. The van der Waals surface area contributed by atoms with Crippen molar-refractivity contribution >= 4 is 16.8 Å². The molecule has 0 unspecified atom stereocenters. The van der Waals surface area contributed by atoms with Gasteiger partial charge in [-0.2, -0.15) is 15.4 Å². The molecule has 1 aromatic carbocycles. The topological polar surface area (TPSA) is 76.0 Å². The van der Waals surface area contributed by atoms with Crippen molar-refractivity contribution in [3.8, 4) is 5.75 Å². The van der Waals surface area contributed by atoms with E-state index in [1.807, 2.05) is 4.90 Å². The Hall–Kier alpha value is -2.83. The zero-order chi connectivity index (χ0) is 18.9. The van der Waals surface area contributed by atoms with E-state index in [2.05, 4.69) is 50.4 Å². The van der Waals surface area contributed by atoms with Crippen LogP contribution in [0.25, 0.3) is 10.9 Å². The minimum atomic E-state index is -0.0667. The van der Waals surface area contributed by atoms with Crippen molar-refractivity contribution in [1.29, 1.82) is 0 Å². The van der Waals surface area contributed by atoms with Gasteiger partial charge in [-0.1, -0.05) is 18.9 Å². The number of fused-ring (bicyclic) bond motifs is 1. The molecule has 0 spiro atoms. The van der Waals surface area contributed by atoms with E-state index in [1.54, 1.807) is 0 Å². The summed E-state index contributed by atoms with van der Waals surface area (Å²) in [5.74, 6) is 0.887. The highest BCUT2D eigenvalue weighted by molar-refractivity contribution is 5.92. The highest BCUT2D eigenvalue weighted by Gasteiger charge is 2.26. The first kappa shape index (κ1) is 17.3. The van der Waals surface area contributed by atoms with Crippen LogP contribution < -0.4 is 4.74 Å². The Balaban J connectivity index is 1.27. The van der Waals surface area contributed by atoms with E-state index in [9.17, 15) is 4.79 Å². The molecule has 2 aliphatic rings. The molecule has 5 rings (SSSR count). The maximum Gasteiger partial charge on any atom is 0.276 e. The third-order valence-electron chi connectivity index (χ3n) is 6.10. The average Bonchev–Trinajstić information content (AvgIpc) is 3.49. The molecule has 3 heterocycles. The number of aromatic amines is 1. The second-order valence-corrected chi connectivity index (χ2v) is 7.81. The van der Waals surface area contributed by atoms with Gasteiger partial charge in [-0.3, -0.25) is 4.79 Å². The lowest BCUT2D eigenvalue weighted by atomic mass is 10.1. The molecule has 1 amide bonds. The summed E-state index contributed by atoms with van der Waals surface area (Å²) in [5, 5.41) is 11.3. The van der Waals surface area contributed by atoms with Gasteiger partial charge in [0.05, 0.1) is 11.7 Å². The smallest absolute Gasteiger partial charge is 0.276 e. The fourth-order valence-electron chi connectivity index (χ4n) is 4.59. The summed E-state index contributed by atoms with van der Waals surface area (Å²) < 4.78 is 8.80. The number of ether oxygens (including phenoxy) is 1. The number of amides is 1. The number of piperidine rings is 1. The molecule has 1 aliphatic heterocycles. The first-order valence-electron chi connectivity index (χ1n) is 10.2. The van der Waals surface area contributed by atoms with Crippen LogP contribution in [-0.2, 0) is 0 Å². The Morgan fingerprint density at radius 1 is 1.11 bits per heavy atom. The molecule has 1 N–H and O–H groups in total. The molecule has 7 heteroatoms. The first-order valence-corrected chi connectivity index (χ1v) is 10.2. The highest BCUT2D eigenvalue weighted by atomic mass is 16.5. The lowest BCUT2D eigenvalue weighted by Crippen LogP contribution is -2.41.